The maximum Gasteiger partial charge on any atom is 1.00 e. The molecule has 0 fully saturated rings. The Morgan fingerprint density at radius 2 is 1.57 bits per heavy atom. The van der Waals surface area contributed by atoms with E-state index >= 15 is 0 Å². The minimum absolute atomic E-state index is 0. The van der Waals surface area contributed by atoms with Gasteiger partial charge in [-0.1, -0.05) is 12.1 Å². The number of rotatable bonds is 2. The first-order valence-corrected chi connectivity index (χ1v) is 3.37. The van der Waals surface area contributed by atoms with E-state index in [1.165, 1.54) is 24.3 Å². The van der Waals surface area contributed by atoms with E-state index in [9.17, 15) is 14.7 Å². The fourth-order valence-electron chi connectivity index (χ4n) is 0.810. The summed E-state index contributed by atoms with van der Waals surface area (Å²) in [6.07, 6.45) is 0. The second-order valence-electron chi connectivity index (χ2n) is 2.27. The molecular formula is C8H6NNaO4. The molecule has 0 saturated heterocycles. The average molecular weight is 203 g/mol. The number of hydrogen-bond acceptors (Lipinski definition) is 5. The van der Waals surface area contributed by atoms with E-state index in [4.69, 9.17) is 0 Å². The zero-order chi connectivity index (χ0) is 9.84. The van der Waals surface area contributed by atoms with E-state index in [2.05, 4.69) is 10.7 Å². The first kappa shape index (κ1) is 13.1. The smallest absolute Gasteiger partial charge is 0.545 e. The monoisotopic (exact) mass is 203 g/mol. The van der Waals surface area contributed by atoms with Crippen molar-refractivity contribution < 1.29 is 49.1 Å². The van der Waals surface area contributed by atoms with Gasteiger partial charge in [-0.3, -0.25) is 0 Å². The van der Waals surface area contributed by atoms with Crippen molar-refractivity contribution in [3.63, 3.8) is 0 Å². The van der Waals surface area contributed by atoms with E-state index in [1.54, 1.807) is 0 Å². The van der Waals surface area contributed by atoms with Crippen LogP contribution < -0.4 is 40.6 Å². The summed E-state index contributed by atoms with van der Waals surface area (Å²) >= 11 is 0. The summed E-state index contributed by atoms with van der Waals surface area (Å²) in [4.78, 5) is 25.0. The number of benzene rings is 1. The van der Waals surface area contributed by atoms with Gasteiger partial charge in [-0.25, -0.2) is 4.79 Å². The zero-order valence-electron chi connectivity index (χ0n) is 7.52. The Balaban J connectivity index is 0.00000169. The van der Waals surface area contributed by atoms with Crippen molar-refractivity contribution in [3.8, 4) is 0 Å². The molecule has 0 aromatic heterocycles. The van der Waals surface area contributed by atoms with Crippen molar-refractivity contribution in [1.29, 1.82) is 0 Å². The van der Waals surface area contributed by atoms with Crippen LogP contribution >= 0.6 is 0 Å². The summed E-state index contributed by atoms with van der Waals surface area (Å²) < 4.78 is 0. The molecule has 0 bridgehead atoms. The molecule has 2 N–H and O–H groups in total. The second kappa shape index (κ2) is 5.77. The van der Waals surface area contributed by atoms with Crippen LogP contribution in [0.15, 0.2) is 24.3 Å². The number of carbonyl (C=O) groups excluding carboxylic acids is 2. The Labute approximate surface area is 102 Å². The Hall–Kier alpha value is -0.880. The summed E-state index contributed by atoms with van der Waals surface area (Å²) in [7, 11) is 0. The predicted molar refractivity (Wildman–Crippen MR) is 40.4 cm³/mol. The summed E-state index contributed by atoms with van der Waals surface area (Å²) in [6, 6.07) is 5.06. The summed E-state index contributed by atoms with van der Waals surface area (Å²) in [6.45, 7) is 0. The van der Waals surface area contributed by atoms with Gasteiger partial charge >= 0.3 is 35.5 Å². The summed E-state index contributed by atoms with van der Waals surface area (Å²) in [5.41, 5.74) is 0.182. The largest absolute Gasteiger partial charge is 1.00 e. The van der Waals surface area contributed by atoms with Crippen molar-refractivity contribution in [3.05, 3.63) is 35.4 Å². The van der Waals surface area contributed by atoms with Gasteiger partial charge in [0.2, 0.25) is 0 Å². The molecule has 1 aromatic carbocycles. The molecule has 5 nitrogen and oxygen atoms in total. The van der Waals surface area contributed by atoms with Crippen LogP contribution in [0.2, 0.25) is 0 Å². The Morgan fingerprint density at radius 1 is 1.14 bits per heavy atom. The predicted octanol–water partition coefficient (Wildman–Crippen LogP) is -3.92. The van der Waals surface area contributed by atoms with E-state index in [1.807, 2.05) is 0 Å². The van der Waals surface area contributed by atoms with Gasteiger partial charge in [-0.15, -0.1) is 0 Å². The third-order valence-corrected chi connectivity index (χ3v) is 1.46. The van der Waals surface area contributed by atoms with E-state index in [0.717, 1.165) is 0 Å². The van der Waals surface area contributed by atoms with E-state index < -0.39 is 11.9 Å². The van der Waals surface area contributed by atoms with Gasteiger partial charge in [-0.2, -0.15) is 5.90 Å². The fourth-order valence-corrected chi connectivity index (χ4v) is 0.810. The topological polar surface area (TPSA) is 92.5 Å². The molecule has 6 heteroatoms. The molecule has 0 aliphatic heterocycles. The third kappa shape index (κ3) is 3.12. The van der Waals surface area contributed by atoms with Crippen LogP contribution in [-0.4, -0.2) is 11.9 Å². The van der Waals surface area contributed by atoms with Gasteiger partial charge in [0.15, 0.2) is 0 Å². The molecule has 0 aliphatic carbocycles. The molecule has 0 heterocycles. The summed E-state index contributed by atoms with van der Waals surface area (Å²) in [5, 5.41) is 10.3. The van der Waals surface area contributed by atoms with E-state index in [-0.39, 0.29) is 40.7 Å². The van der Waals surface area contributed by atoms with Crippen LogP contribution in [0.4, 0.5) is 0 Å². The van der Waals surface area contributed by atoms with Crippen molar-refractivity contribution >= 4 is 11.9 Å². The quantitative estimate of drug-likeness (QED) is 0.391. The molecule has 14 heavy (non-hydrogen) atoms. The minimum atomic E-state index is -1.30. The molecule has 0 aliphatic rings. The second-order valence-corrected chi connectivity index (χ2v) is 2.27. The Morgan fingerprint density at radius 3 is 1.93 bits per heavy atom. The Kier molecular flexibility index (Phi) is 5.40. The molecule has 0 saturated carbocycles. The molecule has 68 valence electrons. The van der Waals surface area contributed by atoms with Gasteiger partial charge in [0.25, 0.3) is 0 Å². The van der Waals surface area contributed by atoms with Crippen LogP contribution in [0.25, 0.3) is 0 Å². The number of carboxylic acid groups (broad SMARTS) is 1. The number of carbonyl (C=O) groups is 2. The van der Waals surface area contributed by atoms with Crippen molar-refractivity contribution in [2.45, 2.75) is 0 Å². The normalized spacial score (nSPS) is 8.64. The van der Waals surface area contributed by atoms with Crippen LogP contribution in [-0.2, 0) is 4.84 Å². The van der Waals surface area contributed by atoms with Gasteiger partial charge in [0, 0.05) is 0 Å². The first-order valence-electron chi connectivity index (χ1n) is 3.37. The molecule has 0 amide bonds. The maximum absolute atomic E-state index is 10.8. The molecule has 0 spiro atoms. The molecule has 0 atom stereocenters. The third-order valence-electron chi connectivity index (χ3n) is 1.46. The fraction of sp³-hybridized carbons (Fsp3) is 0. The number of hydrogen-bond donors (Lipinski definition) is 1. The van der Waals surface area contributed by atoms with Crippen LogP contribution in [0.5, 0.6) is 0 Å². The van der Waals surface area contributed by atoms with Crippen LogP contribution in [0, 0.1) is 0 Å². The van der Waals surface area contributed by atoms with Crippen molar-refractivity contribution in [2.24, 2.45) is 5.90 Å². The zero-order valence-corrected chi connectivity index (χ0v) is 9.52. The molecule has 0 radical (unpaired) electrons. The Bertz CT molecular complexity index is 336. The first-order chi connectivity index (χ1) is 6.15. The van der Waals surface area contributed by atoms with Crippen molar-refractivity contribution in [2.75, 3.05) is 0 Å². The summed E-state index contributed by atoms with van der Waals surface area (Å²) in [5.74, 6) is 2.61. The molecular weight excluding hydrogens is 197 g/mol. The number of nitrogens with two attached hydrogens (primary N) is 1. The number of carboxylic acids is 1. The molecule has 1 aromatic rings. The average Bonchev–Trinajstić information content (AvgIpc) is 2.17. The minimum Gasteiger partial charge on any atom is -0.545 e. The maximum atomic E-state index is 10.8. The number of aromatic carboxylic acids is 1. The van der Waals surface area contributed by atoms with Crippen LogP contribution in [0.1, 0.15) is 20.7 Å². The van der Waals surface area contributed by atoms with Gasteiger partial charge < -0.3 is 14.7 Å². The standard InChI is InChI=1S/C8H7NO4.Na/c9-13-8(12)6-3-1-5(2-4-6)7(10)11;/h1-4H,9H2,(H,10,11);/q;+1/p-1. The van der Waals surface area contributed by atoms with Crippen molar-refractivity contribution in [1.82, 2.24) is 0 Å². The molecule has 1 rings (SSSR count). The van der Waals surface area contributed by atoms with Gasteiger partial charge in [0.05, 0.1) is 11.5 Å². The van der Waals surface area contributed by atoms with Gasteiger partial charge in [0.1, 0.15) is 0 Å². The van der Waals surface area contributed by atoms with Crippen LogP contribution in [0.3, 0.4) is 0 Å². The molecule has 0 unspecified atom stereocenters. The SMILES string of the molecule is NOC(=O)c1ccc(C(=O)[O-])cc1.[Na+]. The van der Waals surface area contributed by atoms with Gasteiger partial charge in [-0.05, 0) is 17.7 Å². The van der Waals surface area contributed by atoms with E-state index in [0.29, 0.717) is 0 Å².